The Morgan fingerprint density at radius 3 is 2.72 bits per heavy atom. The molecular formula is C14H23N3O. The van der Waals surface area contributed by atoms with Crippen molar-refractivity contribution in [3.05, 3.63) is 12.2 Å². The third-order valence-electron chi connectivity index (χ3n) is 4.12. The summed E-state index contributed by atoms with van der Waals surface area (Å²) < 4.78 is 1.81. The van der Waals surface area contributed by atoms with Crippen LogP contribution in [0.4, 0.5) is 0 Å². The van der Waals surface area contributed by atoms with Gasteiger partial charge < -0.3 is 0 Å². The molecule has 0 saturated heterocycles. The van der Waals surface area contributed by atoms with Crippen LogP contribution < -0.4 is 0 Å². The fourth-order valence-electron chi connectivity index (χ4n) is 2.71. The number of hydrogen-bond donors (Lipinski definition) is 0. The van der Waals surface area contributed by atoms with Crippen molar-refractivity contribution < 1.29 is 4.79 Å². The maximum absolute atomic E-state index is 12.3. The van der Waals surface area contributed by atoms with Crippen molar-refractivity contribution in [2.45, 2.75) is 59.4 Å². The van der Waals surface area contributed by atoms with Crippen LogP contribution in [-0.4, -0.2) is 20.5 Å². The molecular weight excluding hydrogens is 226 g/mol. The van der Waals surface area contributed by atoms with Crippen molar-refractivity contribution >= 4 is 5.78 Å². The molecule has 1 aliphatic carbocycles. The van der Waals surface area contributed by atoms with Crippen molar-refractivity contribution in [1.29, 1.82) is 0 Å². The fourth-order valence-corrected chi connectivity index (χ4v) is 2.71. The summed E-state index contributed by atoms with van der Waals surface area (Å²) in [7, 11) is 0. The summed E-state index contributed by atoms with van der Waals surface area (Å²) in [4.78, 5) is 16.4. The molecule has 0 atom stereocenters. The van der Waals surface area contributed by atoms with Crippen LogP contribution in [0.1, 0.15) is 52.3 Å². The number of carbonyl (C=O) groups excluding carboxylic acids is 1. The van der Waals surface area contributed by atoms with Crippen LogP contribution >= 0.6 is 0 Å². The van der Waals surface area contributed by atoms with Crippen molar-refractivity contribution in [2.75, 3.05) is 0 Å². The zero-order valence-electron chi connectivity index (χ0n) is 11.6. The lowest BCUT2D eigenvalue weighted by atomic mass is 9.72. The number of hydrogen-bond acceptors (Lipinski definition) is 3. The highest BCUT2D eigenvalue weighted by Crippen LogP contribution is 2.38. The minimum Gasteiger partial charge on any atom is -0.299 e. The van der Waals surface area contributed by atoms with Gasteiger partial charge >= 0.3 is 0 Å². The molecule has 100 valence electrons. The van der Waals surface area contributed by atoms with E-state index in [0.717, 1.165) is 38.1 Å². The lowest BCUT2D eigenvalue weighted by Crippen LogP contribution is -2.27. The fraction of sp³-hybridized carbons (Fsp3) is 0.786. The standard InChI is InChI=1S/C14H23N3O/c1-4-17-13(15-10-16-17)9-12(18)11-5-7-14(2,3)8-6-11/h10-11H,4-9H2,1-3H3. The Kier molecular flexibility index (Phi) is 3.83. The molecule has 0 spiro atoms. The van der Waals surface area contributed by atoms with Gasteiger partial charge in [-0.3, -0.25) is 4.79 Å². The van der Waals surface area contributed by atoms with Crippen molar-refractivity contribution in [2.24, 2.45) is 11.3 Å². The molecule has 1 aromatic rings. The second-order valence-electron chi connectivity index (χ2n) is 6.07. The first kappa shape index (κ1) is 13.2. The third-order valence-corrected chi connectivity index (χ3v) is 4.12. The van der Waals surface area contributed by atoms with E-state index in [2.05, 4.69) is 23.9 Å². The smallest absolute Gasteiger partial charge is 0.143 e. The maximum atomic E-state index is 12.3. The van der Waals surface area contributed by atoms with E-state index in [9.17, 15) is 4.79 Å². The van der Waals surface area contributed by atoms with Crippen molar-refractivity contribution in [1.82, 2.24) is 14.8 Å². The van der Waals surface area contributed by atoms with Gasteiger partial charge in [-0.25, -0.2) is 9.67 Å². The summed E-state index contributed by atoms with van der Waals surface area (Å²) in [6.07, 6.45) is 6.36. The molecule has 0 radical (unpaired) electrons. The maximum Gasteiger partial charge on any atom is 0.143 e. The van der Waals surface area contributed by atoms with Crippen LogP contribution in [0.25, 0.3) is 0 Å². The van der Waals surface area contributed by atoms with Gasteiger partial charge in [0.1, 0.15) is 17.9 Å². The molecule has 1 fully saturated rings. The summed E-state index contributed by atoms with van der Waals surface area (Å²) in [6.45, 7) is 7.38. The van der Waals surface area contributed by atoms with Gasteiger partial charge in [0.05, 0.1) is 6.42 Å². The SMILES string of the molecule is CCn1ncnc1CC(=O)C1CCC(C)(C)CC1. The largest absolute Gasteiger partial charge is 0.299 e. The van der Waals surface area contributed by atoms with E-state index in [0.29, 0.717) is 17.6 Å². The third kappa shape index (κ3) is 2.98. The van der Waals surface area contributed by atoms with Gasteiger partial charge in [0.25, 0.3) is 0 Å². The molecule has 2 rings (SSSR count). The number of Topliss-reactive ketones (excluding diaryl/α,β-unsaturated/α-hetero) is 1. The molecule has 0 aromatic carbocycles. The van der Waals surface area contributed by atoms with Gasteiger partial charge in [0, 0.05) is 12.5 Å². The highest BCUT2D eigenvalue weighted by Gasteiger charge is 2.30. The Bertz CT molecular complexity index is 412. The van der Waals surface area contributed by atoms with Gasteiger partial charge in [0.2, 0.25) is 0 Å². The lowest BCUT2D eigenvalue weighted by Gasteiger charge is -2.33. The van der Waals surface area contributed by atoms with Gasteiger partial charge in [-0.15, -0.1) is 0 Å². The van der Waals surface area contributed by atoms with Gasteiger partial charge in [-0.05, 0) is 38.0 Å². The first-order valence-corrected chi connectivity index (χ1v) is 6.91. The molecule has 0 unspecified atom stereocenters. The minimum absolute atomic E-state index is 0.236. The molecule has 0 amide bonds. The van der Waals surface area contributed by atoms with Gasteiger partial charge in [-0.2, -0.15) is 5.10 Å². The zero-order valence-corrected chi connectivity index (χ0v) is 11.6. The highest BCUT2D eigenvalue weighted by molar-refractivity contribution is 5.82. The number of carbonyl (C=O) groups is 1. The van der Waals surface area contributed by atoms with Crippen molar-refractivity contribution in [3.63, 3.8) is 0 Å². The average Bonchev–Trinajstić information content (AvgIpc) is 2.76. The van der Waals surface area contributed by atoms with Crippen molar-refractivity contribution in [3.8, 4) is 0 Å². The van der Waals surface area contributed by atoms with Crippen LogP contribution in [-0.2, 0) is 17.8 Å². The number of nitrogens with zero attached hydrogens (tertiary/aromatic N) is 3. The molecule has 1 aliphatic rings. The van der Waals surface area contributed by atoms with Gasteiger partial charge in [0.15, 0.2) is 0 Å². The molecule has 0 aliphatic heterocycles. The normalized spacial score (nSPS) is 19.9. The van der Waals surface area contributed by atoms with Crippen LogP contribution in [0.2, 0.25) is 0 Å². The second-order valence-corrected chi connectivity index (χ2v) is 6.07. The molecule has 18 heavy (non-hydrogen) atoms. The first-order valence-electron chi connectivity index (χ1n) is 6.91. The molecule has 1 aromatic heterocycles. The number of aryl methyl sites for hydroxylation is 1. The van der Waals surface area contributed by atoms with E-state index in [-0.39, 0.29) is 5.92 Å². The van der Waals surface area contributed by atoms with E-state index >= 15 is 0 Å². The predicted molar refractivity (Wildman–Crippen MR) is 70.1 cm³/mol. The Labute approximate surface area is 109 Å². The first-order chi connectivity index (χ1) is 8.52. The zero-order chi connectivity index (χ0) is 13.2. The van der Waals surface area contributed by atoms with Crippen LogP contribution in [0, 0.1) is 11.3 Å². The average molecular weight is 249 g/mol. The predicted octanol–water partition coefficient (Wildman–Crippen LogP) is 2.63. The monoisotopic (exact) mass is 249 g/mol. The Hall–Kier alpha value is -1.19. The van der Waals surface area contributed by atoms with E-state index < -0.39 is 0 Å². The highest BCUT2D eigenvalue weighted by atomic mass is 16.1. The molecule has 1 heterocycles. The minimum atomic E-state index is 0.236. The Balaban J connectivity index is 1.93. The van der Waals surface area contributed by atoms with Gasteiger partial charge in [-0.1, -0.05) is 13.8 Å². The molecule has 4 heteroatoms. The number of aromatic nitrogens is 3. The summed E-state index contributed by atoms with van der Waals surface area (Å²) in [5.41, 5.74) is 0.417. The summed E-state index contributed by atoms with van der Waals surface area (Å²) in [6, 6.07) is 0. The lowest BCUT2D eigenvalue weighted by molar-refractivity contribution is -0.123. The molecule has 0 N–H and O–H groups in total. The Morgan fingerprint density at radius 2 is 2.11 bits per heavy atom. The topological polar surface area (TPSA) is 47.8 Å². The molecule has 4 nitrogen and oxygen atoms in total. The van der Waals surface area contributed by atoms with Crippen LogP contribution in [0.15, 0.2) is 6.33 Å². The van der Waals surface area contributed by atoms with Crippen LogP contribution in [0.3, 0.4) is 0 Å². The summed E-state index contributed by atoms with van der Waals surface area (Å²) >= 11 is 0. The van der Waals surface area contributed by atoms with E-state index in [1.165, 1.54) is 6.33 Å². The summed E-state index contributed by atoms with van der Waals surface area (Å²) in [5.74, 6) is 1.39. The Morgan fingerprint density at radius 1 is 1.44 bits per heavy atom. The van der Waals surface area contributed by atoms with E-state index in [4.69, 9.17) is 0 Å². The number of ketones is 1. The summed E-state index contributed by atoms with van der Waals surface area (Å²) in [5, 5.41) is 4.11. The van der Waals surface area contributed by atoms with E-state index in [1.807, 2.05) is 11.6 Å². The molecule has 0 bridgehead atoms. The second kappa shape index (κ2) is 5.21. The quantitative estimate of drug-likeness (QED) is 0.824. The van der Waals surface area contributed by atoms with Crippen LogP contribution in [0.5, 0.6) is 0 Å². The van der Waals surface area contributed by atoms with E-state index in [1.54, 1.807) is 0 Å². The molecule has 1 saturated carbocycles. The number of rotatable bonds is 4.